The molecule has 4 aliphatic rings. The van der Waals surface area contributed by atoms with E-state index in [1.54, 1.807) is 0 Å². The number of aliphatic imine (C=N–C) groups is 1. The smallest absolute Gasteiger partial charge is 0.246 e. The van der Waals surface area contributed by atoms with Crippen LogP contribution in [0.25, 0.3) is 5.57 Å². The number of allylic oxidation sites excluding steroid dienone is 4. The van der Waals surface area contributed by atoms with Crippen molar-refractivity contribution in [3.63, 3.8) is 0 Å². The van der Waals surface area contributed by atoms with Crippen molar-refractivity contribution in [2.75, 3.05) is 10.2 Å². The third kappa shape index (κ3) is 8.19. The van der Waals surface area contributed by atoms with Crippen molar-refractivity contribution in [3.8, 4) is 0 Å². The first-order valence-electron chi connectivity index (χ1n) is 21.9. The minimum Gasteiger partial charge on any atom is -0.507 e. The van der Waals surface area contributed by atoms with Gasteiger partial charge in [-0.1, -0.05) is 92.9 Å². The average Bonchev–Trinajstić information content (AvgIpc) is 3.44. The number of amides is 2. The first-order valence-corrected chi connectivity index (χ1v) is 21.9. The number of carbonyl (C=O) groups excluding carboxylic acids is 2. The molecule has 8 nitrogen and oxygen atoms in total. The van der Waals surface area contributed by atoms with E-state index in [1.165, 1.54) is 6.42 Å². The van der Waals surface area contributed by atoms with Gasteiger partial charge in [-0.25, -0.2) is 4.99 Å². The Morgan fingerprint density at radius 3 is 1.93 bits per heavy atom. The van der Waals surface area contributed by atoms with Crippen molar-refractivity contribution < 1.29 is 19.8 Å². The second-order valence-electron chi connectivity index (χ2n) is 18.6. The van der Waals surface area contributed by atoms with Crippen LogP contribution in [0.3, 0.4) is 0 Å². The molecule has 3 N–H and O–H groups in total. The average molecular weight is 769 g/mol. The molecule has 2 aliphatic heterocycles. The molecule has 3 atom stereocenters. The van der Waals surface area contributed by atoms with Gasteiger partial charge in [-0.3, -0.25) is 9.59 Å². The minimum atomic E-state index is -1.15. The molecule has 1 fully saturated rings. The Morgan fingerprint density at radius 2 is 1.36 bits per heavy atom. The molecule has 2 aliphatic carbocycles. The van der Waals surface area contributed by atoms with E-state index < -0.39 is 6.10 Å². The van der Waals surface area contributed by atoms with Crippen molar-refractivity contribution in [2.45, 2.75) is 196 Å². The molecule has 308 valence electrons. The molecule has 1 saturated heterocycles. The van der Waals surface area contributed by atoms with Gasteiger partial charge in [0.05, 0.1) is 11.4 Å². The second-order valence-corrected chi connectivity index (χ2v) is 18.6. The quantitative estimate of drug-likeness (QED) is 0.145. The normalized spacial score (nSPS) is 24.5. The highest BCUT2D eigenvalue weighted by Crippen LogP contribution is 2.54. The minimum absolute atomic E-state index is 0.0231. The lowest BCUT2D eigenvalue weighted by Crippen LogP contribution is -2.42. The van der Waals surface area contributed by atoms with Gasteiger partial charge in [0.1, 0.15) is 11.9 Å². The van der Waals surface area contributed by atoms with Crippen LogP contribution in [0.15, 0.2) is 57.5 Å². The van der Waals surface area contributed by atoms with Crippen LogP contribution in [-0.4, -0.2) is 62.9 Å². The number of hydrogen-bond acceptors (Lipinski definition) is 6. The van der Waals surface area contributed by atoms with E-state index in [9.17, 15) is 19.8 Å². The van der Waals surface area contributed by atoms with Gasteiger partial charge in [-0.15, -0.1) is 0 Å². The summed E-state index contributed by atoms with van der Waals surface area (Å²) in [6.07, 6.45) is 14.1. The lowest BCUT2D eigenvalue weighted by Gasteiger charge is -2.35. The zero-order chi connectivity index (χ0) is 41.3. The molecule has 0 radical (unpaired) electrons. The fourth-order valence-electron chi connectivity index (χ4n) is 9.47. The lowest BCUT2D eigenvalue weighted by molar-refractivity contribution is -0.118. The number of carbonyl (C=O) groups is 2. The number of rotatable bonds is 16. The van der Waals surface area contributed by atoms with Crippen LogP contribution in [0, 0.1) is 5.41 Å². The number of likely N-dealkylation sites (tertiary alicyclic amines) is 1. The summed E-state index contributed by atoms with van der Waals surface area (Å²) in [7, 11) is 0. The van der Waals surface area contributed by atoms with Crippen LogP contribution in [-0.2, 0) is 15.0 Å². The molecule has 1 aromatic carbocycles. The molecular weight excluding hydrogens is 697 g/mol. The summed E-state index contributed by atoms with van der Waals surface area (Å²) in [5, 5.41) is 27.6. The summed E-state index contributed by atoms with van der Waals surface area (Å²) in [6.45, 7) is 26.5. The molecule has 2 amide bonds. The Morgan fingerprint density at radius 1 is 0.786 bits per heavy atom. The SMILES string of the molecule is CCCCCCCC(=O)N=C1C=C2C(=CC1=C1C(O)=C(c3cc4c(cc3NC(=O)CCCCCCC)N(C(C)C)C(C)C4(C)C)C1O)C(C)(C)C(C)N2C(C)C. The lowest BCUT2D eigenvalue weighted by atomic mass is 9.73. The number of aliphatic hydroxyl groups is 2. The Kier molecular flexibility index (Phi) is 13.6. The van der Waals surface area contributed by atoms with E-state index >= 15 is 0 Å². The number of aliphatic hydroxyl groups excluding tert-OH is 2. The number of benzene rings is 1. The van der Waals surface area contributed by atoms with Gasteiger partial charge in [-0.05, 0) is 89.8 Å². The predicted molar refractivity (Wildman–Crippen MR) is 233 cm³/mol. The van der Waals surface area contributed by atoms with Crippen LogP contribution in [0.5, 0.6) is 0 Å². The summed E-state index contributed by atoms with van der Waals surface area (Å²) < 4.78 is 0. The molecule has 8 heteroatoms. The number of fused-ring (bicyclic) bond motifs is 2. The first-order chi connectivity index (χ1) is 26.4. The summed E-state index contributed by atoms with van der Waals surface area (Å²) in [5.41, 5.74) is 6.92. The fourth-order valence-corrected chi connectivity index (χ4v) is 9.47. The molecule has 56 heavy (non-hydrogen) atoms. The van der Waals surface area contributed by atoms with Crippen molar-refractivity contribution in [3.05, 3.63) is 63.6 Å². The zero-order valence-electron chi connectivity index (χ0n) is 36.7. The van der Waals surface area contributed by atoms with Gasteiger partial charge in [0.2, 0.25) is 11.8 Å². The second kappa shape index (κ2) is 17.5. The molecule has 0 spiro atoms. The summed E-state index contributed by atoms with van der Waals surface area (Å²) in [5.74, 6) is -0.280. The predicted octanol–water partition coefficient (Wildman–Crippen LogP) is 11.1. The molecule has 3 unspecified atom stereocenters. The largest absolute Gasteiger partial charge is 0.507 e. The third-order valence-electron chi connectivity index (χ3n) is 13.4. The Hall–Kier alpha value is -3.65. The van der Waals surface area contributed by atoms with Crippen LogP contribution in [0.2, 0.25) is 0 Å². The van der Waals surface area contributed by atoms with Gasteiger partial charge in [-0.2, -0.15) is 0 Å². The number of nitrogens with zero attached hydrogens (tertiary/aromatic N) is 3. The van der Waals surface area contributed by atoms with Crippen molar-refractivity contribution in [1.82, 2.24) is 4.90 Å². The van der Waals surface area contributed by atoms with Crippen LogP contribution < -0.4 is 10.2 Å². The number of hydrogen-bond donors (Lipinski definition) is 3. The van der Waals surface area contributed by atoms with Gasteiger partial charge >= 0.3 is 0 Å². The molecular formula is C48H72N4O4. The summed E-state index contributed by atoms with van der Waals surface area (Å²) in [4.78, 5) is 36.5. The van der Waals surface area contributed by atoms with Gasteiger partial charge in [0, 0.05) is 81.5 Å². The van der Waals surface area contributed by atoms with Crippen molar-refractivity contribution in [1.29, 1.82) is 0 Å². The standard InChI is InChI=1S/C48H72N4O4/c1-13-15-17-19-21-23-41(53)49-37-27-39-35(47(9,10)31(7)51(39)29(3)4)25-33(37)43-45(55)44(46(43)56)34-26-36-40(52(30(5)6)32(8)48(36,11)12)28-38(34)50-42(54)24-22-20-18-16-14-2/h25-32,45,55-56H,13-24H2,1-12H3,(H,49,53). The number of nitrogens with one attached hydrogen (secondary N) is 1. The highest BCUT2D eigenvalue weighted by atomic mass is 16.3. The Bertz CT molecular complexity index is 1820. The Labute approximate surface area is 338 Å². The van der Waals surface area contributed by atoms with Crippen LogP contribution in [0.4, 0.5) is 11.4 Å². The topological polar surface area (TPSA) is 105 Å². The van der Waals surface area contributed by atoms with E-state index in [1.807, 2.05) is 6.08 Å². The van der Waals surface area contributed by atoms with Gasteiger partial charge in [0.15, 0.2) is 0 Å². The van der Waals surface area contributed by atoms with E-state index in [-0.39, 0.29) is 52.6 Å². The Balaban J connectivity index is 1.63. The molecule has 0 aromatic heterocycles. The highest BCUT2D eigenvalue weighted by molar-refractivity contribution is 6.18. The van der Waals surface area contributed by atoms with Crippen molar-refractivity contribution >= 4 is 34.5 Å². The maximum Gasteiger partial charge on any atom is 0.246 e. The maximum atomic E-state index is 13.5. The van der Waals surface area contributed by atoms with E-state index in [4.69, 9.17) is 4.99 Å². The van der Waals surface area contributed by atoms with Gasteiger partial charge < -0.3 is 25.3 Å². The first kappa shape index (κ1) is 43.5. The van der Waals surface area contributed by atoms with E-state index in [0.29, 0.717) is 46.5 Å². The van der Waals surface area contributed by atoms with Crippen LogP contribution in [0.1, 0.15) is 171 Å². The van der Waals surface area contributed by atoms with Gasteiger partial charge in [0.25, 0.3) is 0 Å². The maximum absolute atomic E-state index is 13.5. The summed E-state index contributed by atoms with van der Waals surface area (Å²) >= 11 is 0. The van der Waals surface area contributed by atoms with Crippen LogP contribution >= 0.6 is 0 Å². The molecule has 0 saturated carbocycles. The molecule has 1 aromatic rings. The van der Waals surface area contributed by atoms with Crippen molar-refractivity contribution in [2.24, 2.45) is 10.4 Å². The summed E-state index contributed by atoms with van der Waals surface area (Å²) in [6, 6.07) is 4.98. The number of unbranched alkanes of at least 4 members (excludes halogenated alkanes) is 8. The fraction of sp³-hybridized carbons (Fsp3) is 0.646. The third-order valence-corrected chi connectivity index (χ3v) is 13.4. The monoisotopic (exact) mass is 769 g/mol. The zero-order valence-corrected chi connectivity index (χ0v) is 36.7. The molecule has 5 rings (SSSR count). The molecule has 0 bridgehead atoms. The number of anilines is 2. The molecule has 2 heterocycles. The highest BCUT2D eigenvalue weighted by Gasteiger charge is 2.49. The van der Waals surface area contributed by atoms with E-state index in [0.717, 1.165) is 80.3 Å². The van der Waals surface area contributed by atoms with E-state index in [2.05, 4.69) is 116 Å².